The van der Waals surface area contributed by atoms with Crippen molar-refractivity contribution in [2.75, 3.05) is 11.9 Å². The van der Waals surface area contributed by atoms with Crippen molar-refractivity contribution < 1.29 is 9.53 Å². The van der Waals surface area contributed by atoms with Crippen LogP contribution in [-0.4, -0.2) is 22.7 Å². The van der Waals surface area contributed by atoms with E-state index in [4.69, 9.17) is 4.74 Å². The number of aromatic amines is 1. The molecule has 0 unspecified atom stereocenters. The lowest BCUT2D eigenvalue weighted by atomic mass is 10.2. The van der Waals surface area contributed by atoms with Crippen LogP contribution < -0.4 is 10.1 Å². The van der Waals surface area contributed by atoms with Crippen LogP contribution in [-0.2, 0) is 4.79 Å². The Balaban J connectivity index is 1.45. The zero-order chi connectivity index (χ0) is 16.1. The first-order valence-electron chi connectivity index (χ1n) is 7.64. The van der Waals surface area contributed by atoms with Crippen LogP contribution in [0.3, 0.4) is 0 Å². The fourth-order valence-corrected chi connectivity index (χ4v) is 2.37. The van der Waals surface area contributed by atoms with Gasteiger partial charge in [-0.1, -0.05) is 18.2 Å². The standard InChI is InChI=1S/C18H19N3O2/c1-13-5-2-3-6-17(13)23-10-4-7-18(22)20-15-9-8-14-12-19-21-16(14)11-15/h2-3,5-6,8-9,11-12H,4,7,10H2,1H3,(H,19,21)(H,20,22). The van der Waals surface area contributed by atoms with Gasteiger partial charge in [0.2, 0.25) is 5.91 Å². The summed E-state index contributed by atoms with van der Waals surface area (Å²) in [5, 5.41) is 10.8. The molecule has 2 aromatic carbocycles. The number of para-hydroxylation sites is 1. The highest BCUT2D eigenvalue weighted by molar-refractivity contribution is 5.93. The highest BCUT2D eigenvalue weighted by Gasteiger charge is 2.05. The molecule has 0 bridgehead atoms. The Hall–Kier alpha value is -2.82. The summed E-state index contributed by atoms with van der Waals surface area (Å²) in [5.74, 6) is 0.856. The maximum atomic E-state index is 12.0. The number of ether oxygens (including phenoxy) is 1. The monoisotopic (exact) mass is 309 g/mol. The van der Waals surface area contributed by atoms with E-state index in [0.717, 1.165) is 27.9 Å². The number of anilines is 1. The van der Waals surface area contributed by atoms with Gasteiger partial charge in [-0.25, -0.2) is 0 Å². The van der Waals surface area contributed by atoms with E-state index in [-0.39, 0.29) is 5.91 Å². The van der Waals surface area contributed by atoms with Crippen molar-refractivity contribution in [2.45, 2.75) is 19.8 Å². The van der Waals surface area contributed by atoms with E-state index in [1.165, 1.54) is 0 Å². The minimum absolute atomic E-state index is 0.0164. The minimum atomic E-state index is -0.0164. The molecule has 0 saturated heterocycles. The lowest BCUT2D eigenvalue weighted by molar-refractivity contribution is -0.116. The van der Waals surface area contributed by atoms with E-state index in [0.29, 0.717) is 19.4 Å². The van der Waals surface area contributed by atoms with Gasteiger partial charge in [0.05, 0.1) is 18.3 Å². The van der Waals surface area contributed by atoms with Crippen LogP contribution in [0.25, 0.3) is 10.9 Å². The van der Waals surface area contributed by atoms with E-state index >= 15 is 0 Å². The fourth-order valence-electron chi connectivity index (χ4n) is 2.37. The summed E-state index contributed by atoms with van der Waals surface area (Å²) in [7, 11) is 0. The Bertz CT molecular complexity index is 811. The maximum Gasteiger partial charge on any atom is 0.224 e. The molecule has 118 valence electrons. The summed E-state index contributed by atoms with van der Waals surface area (Å²) in [6, 6.07) is 13.6. The second kappa shape index (κ2) is 6.96. The van der Waals surface area contributed by atoms with E-state index in [9.17, 15) is 4.79 Å². The van der Waals surface area contributed by atoms with Gasteiger partial charge in [-0.05, 0) is 43.2 Å². The summed E-state index contributed by atoms with van der Waals surface area (Å²) < 4.78 is 5.69. The first-order valence-corrected chi connectivity index (χ1v) is 7.64. The summed E-state index contributed by atoms with van der Waals surface area (Å²) in [5.41, 5.74) is 2.78. The lowest BCUT2D eigenvalue weighted by Crippen LogP contribution is -2.12. The molecule has 5 nitrogen and oxygen atoms in total. The van der Waals surface area contributed by atoms with Crippen LogP contribution in [0.1, 0.15) is 18.4 Å². The van der Waals surface area contributed by atoms with E-state index < -0.39 is 0 Å². The zero-order valence-corrected chi connectivity index (χ0v) is 13.0. The van der Waals surface area contributed by atoms with Crippen LogP contribution >= 0.6 is 0 Å². The molecule has 0 aliphatic heterocycles. The second-order valence-corrected chi connectivity index (χ2v) is 5.44. The van der Waals surface area contributed by atoms with Crippen molar-refractivity contribution in [3.8, 4) is 5.75 Å². The van der Waals surface area contributed by atoms with E-state index in [2.05, 4.69) is 15.5 Å². The molecule has 0 aliphatic rings. The van der Waals surface area contributed by atoms with Gasteiger partial charge >= 0.3 is 0 Å². The molecule has 3 aromatic rings. The minimum Gasteiger partial charge on any atom is -0.493 e. The first-order chi connectivity index (χ1) is 11.2. The number of nitrogens with one attached hydrogen (secondary N) is 2. The van der Waals surface area contributed by atoms with Gasteiger partial charge in [0.1, 0.15) is 5.75 Å². The van der Waals surface area contributed by atoms with Crippen molar-refractivity contribution in [3.05, 3.63) is 54.2 Å². The van der Waals surface area contributed by atoms with Crippen LogP contribution in [0.15, 0.2) is 48.7 Å². The lowest BCUT2D eigenvalue weighted by Gasteiger charge is -2.09. The molecular formula is C18H19N3O2. The average Bonchev–Trinajstić information content (AvgIpc) is 3.01. The third-order valence-electron chi connectivity index (χ3n) is 3.63. The van der Waals surface area contributed by atoms with Gasteiger partial charge in [0, 0.05) is 17.5 Å². The number of H-pyrrole nitrogens is 1. The van der Waals surface area contributed by atoms with Crippen LogP contribution in [0.5, 0.6) is 5.75 Å². The molecule has 3 rings (SSSR count). The molecule has 23 heavy (non-hydrogen) atoms. The number of rotatable bonds is 6. The van der Waals surface area contributed by atoms with Gasteiger partial charge in [-0.2, -0.15) is 5.10 Å². The second-order valence-electron chi connectivity index (χ2n) is 5.44. The Kier molecular flexibility index (Phi) is 4.57. The Labute approximate surface area is 134 Å². The summed E-state index contributed by atoms with van der Waals surface area (Å²) in [6.07, 6.45) is 2.85. The summed E-state index contributed by atoms with van der Waals surface area (Å²) >= 11 is 0. The number of hydrogen-bond donors (Lipinski definition) is 2. The van der Waals surface area contributed by atoms with Gasteiger partial charge in [-0.3, -0.25) is 9.89 Å². The quantitative estimate of drug-likeness (QED) is 0.683. The third-order valence-corrected chi connectivity index (χ3v) is 3.63. The maximum absolute atomic E-state index is 12.0. The molecule has 0 saturated carbocycles. The largest absolute Gasteiger partial charge is 0.493 e. The predicted octanol–water partition coefficient (Wildman–Crippen LogP) is 3.67. The molecule has 0 spiro atoms. The Morgan fingerprint density at radius 3 is 3.00 bits per heavy atom. The van der Waals surface area contributed by atoms with Crippen molar-refractivity contribution in [1.82, 2.24) is 10.2 Å². The van der Waals surface area contributed by atoms with Crippen LogP contribution in [0.2, 0.25) is 0 Å². The molecule has 0 radical (unpaired) electrons. The normalized spacial score (nSPS) is 10.7. The Morgan fingerprint density at radius 2 is 2.13 bits per heavy atom. The number of hydrogen-bond acceptors (Lipinski definition) is 3. The van der Waals surface area contributed by atoms with Gasteiger partial charge in [0.25, 0.3) is 0 Å². The van der Waals surface area contributed by atoms with E-state index in [1.54, 1.807) is 6.20 Å². The molecule has 2 N–H and O–H groups in total. The number of amides is 1. The van der Waals surface area contributed by atoms with Crippen LogP contribution in [0, 0.1) is 6.92 Å². The van der Waals surface area contributed by atoms with E-state index in [1.807, 2.05) is 49.4 Å². The smallest absolute Gasteiger partial charge is 0.224 e. The Morgan fingerprint density at radius 1 is 1.26 bits per heavy atom. The average molecular weight is 309 g/mol. The molecule has 1 amide bonds. The molecular weight excluding hydrogens is 290 g/mol. The number of benzene rings is 2. The topological polar surface area (TPSA) is 67.0 Å². The number of aromatic nitrogens is 2. The third kappa shape index (κ3) is 3.88. The number of fused-ring (bicyclic) bond motifs is 1. The molecule has 5 heteroatoms. The van der Waals surface area contributed by atoms with Gasteiger partial charge < -0.3 is 10.1 Å². The van der Waals surface area contributed by atoms with Crippen molar-refractivity contribution >= 4 is 22.5 Å². The van der Waals surface area contributed by atoms with Crippen molar-refractivity contribution in [3.63, 3.8) is 0 Å². The number of carbonyl (C=O) groups excluding carboxylic acids is 1. The molecule has 1 aromatic heterocycles. The van der Waals surface area contributed by atoms with Crippen molar-refractivity contribution in [1.29, 1.82) is 0 Å². The molecule has 0 aliphatic carbocycles. The first kappa shape index (κ1) is 15.1. The zero-order valence-electron chi connectivity index (χ0n) is 13.0. The summed E-state index contributed by atoms with van der Waals surface area (Å²) in [4.78, 5) is 12.0. The van der Waals surface area contributed by atoms with Gasteiger partial charge in [0.15, 0.2) is 0 Å². The predicted molar refractivity (Wildman–Crippen MR) is 90.6 cm³/mol. The summed E-state index contributed by atoms with van der Waals surface area (Å²) in [6.45, 7) is 2.53. The number of nitrogens with zero attached hydrogens (tertiary/aromatic N) is 1. The number of aryl methyl sites for hydroxylation is 1. The molecule has 1 heterocycles. The van der Waals surface area contributed by atoms with Crippen molar-refractivity contribution in [2.24, 2.45) is 0 Å². The highest BCUT2D eigenvalue weighted by atomic mass is 16.5. The highest BCUT2D eigenvalue weighted by Crippen LogP contribution is 2.18. The fraction of sp³-hybridized carbons (Fsp3) is 0.222. The van der Waals surface area contributed by atoms with Gasteiger partial charge in [-0.15, -0.1) is 0 Å². The number of carbonyl (C=O) groups is 1. The van der Waals surface area contributed by atoms with Crippen LogP contribution in [0.4, 0.5) is 5.69 Å². The molecule has 0 fully saturated rings. The molecule has 0 atom stereocenters. The SMILES string of the molecule is Cc1ccccc1OCCCC(=O)Nc1ccc2cn[nH]c2c1.